The van der Waals surface area contributed by atoms with Crippen molar-refractivity contribution in [2.45, 2.75) is 0 Å². The lowest BCUT2D eigenvalue weighted by atomic mass is 9.98. The first-order chi connectivity index (χ1) is 17.8. The minimum atomic E-state index is 1.29. The van der Waals surface area contributed by atoms with Gasteiger partial charge in [0.05, 0.1) is 9.40 Å². The highest BCUT2D eigenvalue weighted by Gasteiger charge is 2.15. The van der Waals surface area contributed by atoms with E-state index in [0.717, 1.165) is 0 Å². The van der Waals surface area contributed by atoms with E-state index in [2.05, 4.69) is 121 Å². The molecule has 0 saturated heterocycles. The van der Waals surface area contributed by atoms with Crippen molar-refractivity contribution in [3.05, 3.63) is 121 Å². The minimum absolute atomic E-state index is 1.29. The Morgan fingerprint density at radius 1 is 0.361 bits per heavy atom. The molecule has 0 aliphatic heterocycles. The zero-order valence-electron chi connectivity index (χ0n) is 19.4. The van der Waals surface area contributed by atoms with Gasteiger partial charge >= 0.3 is 0 Å². The zero-order chi connectivity index (χ0) is 23.6. The largest absolute Gasteiger partial charge is 0.134 e. The van der Waals surface area contributed by atoms with E-state index in [9.17, 15) is 0 Å². The van der Waals surface area contributed by atoms with Crippen LogP contribution in [0.4, 0.5) is 0 Å². The Kier molecular flexibility index (Phi) is 4.36. The predicted octanol–water partition coefficient (Wildman–Crippen LogP) is 10.9. The van der Waals surface area contributed by atoms with Gasteiger partial charge in [-0.1, -0.05) is 109 Å². The maximum Gasteiger partial charge on any atom is 0.0542 e. The van der Waals surface area contributed by atoms with Gasteiger partial charge in [-0.2, -0.15) is 0 Å². The molecule has 0 atom stereocenters. The van der Waals surface area contributed by atoms with E-state index >= 15 is 0 Å². The lowest BCUT2D eigenvalue weighted by Crippen LogP contribution is -1.81. The molecule has 2 heteroatoms. The zero-order valence-corrected chi connectivity index (χ0v) is 21.0. The molecule has 36 heavy (non-hydrogen) atoms. The molecule has 0 aliphatic rings. The van der Waals surface area contributed by atoms with Crippen LogP contribution in [0.3, 0.4) is 0 Å². The standard InChI is InChI=1S/C34H20S2/c1-3-11-25-21(7-1)9-5-13-27(25)23-15-17-29-31(19-23)35-34-30-18-16-24(20-32(30)36-33(29)34)28-14-6-10-22-8-2-4-12-26(22)28/h1-20H. The molecule has 6 aromatic carbocycles. The Morgan fingerprint density at radius 2 is 0.806 bits per heavy atom. The summed E-state index contributed by atoms with van der Waals surface area (Å²) >= 11 is 3.85. The fourth-order valence-corrected chi connectivity index (χ4v) is 8.28. The van der Waals surface area contributed by atoms with Gasteiger partial charge in [-0.3, -0.25) is 0 Å². The van der Waals surface area contributed by atoms with Crippen molar-refractivity contribution in [2.75, 3.05) is 0 Å². The molecule has 0 N–H and O–H groups in total. The van der Waals surface area contributed by atoms with E-state index in [0.29, 0.717) is 0 Å². The first-order valence-electron chi connectivity index (χ1n) is 12.2. The molecule has 8 aromatic rings. The molecule has 0 amide bonds. The molecule has 0 aliphatic carbocycles. The van der Waals surface area contributed by atoms with Crippen molar-refractivity contribution < 1.29 is 0 Å². The van der Waals surface area contributed by atoms with Gasteiger partial charge in [0.2, 0.25) is 0 Å². The third-order valence-electron chi connectivity index (χ3n) is 7.28. The van der Waals surface area contributed by atoms with Gasteiger partial charge in [-0.15, -0.1) is 22.7 Å². The van der Waals surface area contributed by atoms with Crippen LogP contribution in [-0.2, 0) is 0 Å². The molecule has 0 unspecified atom stereocenters. The van der Waals surface area contributed by atoms with Crippen molar-refractivity contribution in [1.82, 2.24) is 0 Å². The molecule has 0 saturated carbocycles. The first kappa shape index (κ1) is 20.2. The summed E-state index contributed by atoms with van der Waals surface area (Å²) in [6, 6.07) is 44.5. The maximum absolute atomic E-state index is 2.38. The fourth-order valence-electron chi connectivity index (χ4n) is 5.55. The highest BCUT2D eigenvalue weighted by Crippen LogP contribution is 2.46. The van der Waals surface area contributed by atoms with Crippen LogP contribution in [0.1, 0.15) is 0 Å². The summed E-state index contributed by atoms with van der Waals surface area (Å²) in [5.41, 5.74) is 5.18. The molecule has 168 valence electrons. The van der Waals surface area contributed by atoms with Crippen LogP contribution in [0.5, 0.6) is 0 Å². The normalized spacial score (nSPS) is 11.9. The van der Waals surface area contributed by atoms with Crippen LogP contribution < -0.4 is 0 Å². The van der Waals surface area contributed by atoms with E-state index in [4.69, 9.17) is 0 Å². The lowest BCUT2D eigenvalue weighted by Gasteiger charge is -2.07. The Labute approximate surface area is 216 Å². The molecule has 2 heterocycles. The van der Waals surface area contributed by atoms with E-state index < -0.39 is 0 Å². The number of thiophene rings is 2. The van der Waals surface area contributed by atoms with Gasteiger partial charge in [-0.05, 0) is 55.9 Å². The summed E-state index contributed by atoms with van der Waals surface area (Å²) in [7, 11) is 0. The van der Waals surface area contributed by atoms with Crippen molar-refractivity contribution in [3.8, 4) is 22.3 Å². The second-order valence-electron chi connectivity index (χ2n) is 9.34. The third-order valence-corrected chi connectivity index (χ3v) is 9.78. The number of fused-ring (bicyclic) bond motifs is 7. The van der Waals surface area contributed by atoms with Crippen molar-refractivity contribution in [1.29, 1.82) is 0 Å². The molecule has 8 rings (SSSR count). The Hall–Kier alpha value is -3.98. The van der Waals surface area contributed by atoms with Crippen LogP contribution in [-0.4, -0.2) is 0 Å². The van der Waals surface area contributed by atoms with Crippen LogP contribution in [0, 0.1) is 0 Å². The summed E-state index contributed by atoms with van der Waals surface area (Å²) in [5.74, 6) is 0. The topological polar surface area (TPSA) is 0 Å². The molecule has 2 aromatic heterocycles. The Morgan fingerprint density at radius 3 is 1.31 bits per heavy atom. The van der Waals surface area contributed by atoms with Gasteiger partial charge in [0.15, 0.2) is 0 Å². The molecule has 0 spiro atoms. The van der Waals surface area contributed by atoms with Crippen LogP contribution in [0.15, 0.2) is 121 Å². The minimum Gasteiger partial charge on any atom is -0.134 e. The van der Waals surface area contributed by atoms with Gasteiger partial charge < -0.3 is 0 Å². The molecule has 0 nitrogen and oxygen atoms in total. The van der Waals surface area contributed by atoms with Gasteiger partial charge in [0, 0.05) is 20.2 Å². The average Bonchev–Trinajstić information content (AvgIpc) is 3.47. The quantitative estimate of drug-likeness (QED) is 0.225. The second-order valence-corrected chi connectivity index (χ2v) is 11.4. The molecular weight excluding hydrogens is 473 g/mol. The monoisotopic (exact) mass is 492 g/mol. The highest BCUT2D eigenvalue weighted by molar-refractivity contribution is 7.36. The number of hydrogen-bond acceptors (Lipinski definition) is 2. The van der Waals surface area contributed by atoms with Crippen LogP contribution >= 0.6 is 22.7 Å². The van der Waals surface area contributed by atoms with E-state index in [1.165, 1.54) is 73.4 Å². The van der Waals surface area contributed by atoms with Gasteiger partial charge in [-0.25, -0.2) is 0 Å². The molecular formula is C34H20S2. The second kappa shape index (κ2) is 7.76. The van der Waals surface area contributed by atoms with Crippen LogP contribution in [0.2, 0.25) is 0 Å². The average molecular weight is 493 g/mol. The smallest absolute Gasteiger partial charge is 0.0542 e. The Balaban J connectivity index is 1.29. The predicted molar refractivity (Wildman–Crippen MR) is 161 cm³/mol. The van der Waals surface area contributed by atoms with Crippen molar-refractivity contribution in [3.63, 3.8) is 0 Å². The van der Waals surface area contributed by atoms with Crippen molar-refractivity contribution >= 4 is 73.8 Å². The van der Waals surface area contributed by atoms with Gasteiger partial charge in [0.25, 0.3) is 0 Å². The number of benzene rings is 6. The Bertz CT molecular complexity index is 1940. The van der Waals surface area contributed by atoms with E-state index in [1.807, 2.05) is 22.7 Å². The highest BCUT2D eigenvalue weighted by atomic mass is 32.1. The first-order valence-corrected chi connectivity index (χ1v) is 13.8. The summed E-state index contributed by atoms with van der Waals surface area (Å²) in [6.07, 6.45) is 0. The summed E-state index contributed by atoms with van der Waals surface area (Å²) < 4.78 is 5.54. The number of rotatable bonds is 2. The number of hydrogen-bond donors (Lipinski definition) is 0. The summed E-state index contributed by atoms with van der Waals surface area (Å²) in [5, 5.41) is 7.93. The summed E-state index contributed by atoms with van der Waals surface area (Å²) in [6.45, 7) is 0. The SMILES string of the molecule is c1ccc2c(-c3ccc4c(c3)sc3c5ccc(-c6cccc7ccccc67)cc5sc43)cccc2c1. The molecule has 0 fully saturated rings. The molecule has 0 radical (unpaired) electrons. The van der Waals surface area contributed by atoms with Crippen molar-refractivity contribution in [2.24, 2.45) is 0 Å². The van der Waals surface area contributed by atoms with E-state index in [-0.39, 0.29) is 0 Å². The summed E-state index contributed by atoms with van der Waals surface area (Å²) in [4.78, 5) is 0. The maximum atomic E-state index is 2.38. The van der Waals surface area contributed by atoms with E-state index in [1.54, 1.807) is 0 Å². The third kappa shape index (κ3) is 2.99. The fraction of sp³-hybridized carbons (Fsp3) is 0. The van der Waals surface area contributed by atoms with Crippen LogP contribution in [0.25, 0.3) is 73.4 Å². The van der Waals surface area contributed by atoms with Gasteiger partial charge in [0.1, 0.15) is 0 Å². The molecule has 0 bridgehead atoms. The lowest BCUT2D eigenvalue weighted by molar-refractivity contribution is 1.70.